The quantitative estimate of drug-likeness (QED) is 0.792. The SMILES string of the molecule is O=C(COc1cccc(Cl)c1)N1CCN(Cc2ccc3c(c2)CCO3)CC1. The number of nitrogens with zero attached hydrogens (tertiary/aromatic N) is 2. The highest BCUT2D eigenvalue weighted by molar-refractivity contribution is 6.30. The van der Waals surface area contributed by atoms with Crippen LogP contribution in [0, 0.1) is 0 Å². The van der Waals surface area contributed by atoms with E-state index in [1.165, 1.54) is 11.1 Å². The molecule has 142 valence electrons. The average Bonchev–Trinajstić information content (AvgIpc) is 3.15. The van der Waals surface area contributed by atoms with Crippen molar-refractivity contribution in [2.45, 2.75) is 13.0 Å². The fourth-order valence-electron chi connectivity index (χ4n) is 3.54. The summed E-state index contributed by atoms with van der Waals surface area (Å²) in [5, 5.41) is 0.603. The summed E-state index contributed by atoms with van der Waals surface area (Å²) in [5.74, 6) is 1.66. The number of benzene rings is 2. The maximum Gasteiger partial charge on any atom is 0.260 e. The van der Waals surface area contributed by atoms with Gasteiger partial charge in [-0.1, -0.05) is 29.8 Å². The highest BCUT2D eigenvalue weighted by Gasteiger charge is 2.22. The average molecular weight is 387 g/mol. The minimum absolute atomic E-state index is 0.0179. The van der Waals surface area contributed by atoms with Gasteiger partial charge in [0.05, 0.1) is 6.61 Å². The Kier molecular flexibility index (Phi) is 5.50. The van der Waals surface area contributed by atoms with Crippen molar-refractivity contribution in [3.05, 3.63) is 58.6 Å². The van der Waals surface area contributed by atoms with E-state index in [1.54, 1.807) is 18.2 Å². The normalized spacial score (nSPS) is 16.7. The summed E-state index contributed by atoms with van der Waals surface area (Å²) in [4.78, 5) is 16.6. The number of carbonyl (C=O) groups excluding carboxylic acids is 1. The summed E-state index contributed by atoms with van der Waals surface area (Å²) in [6.07, 6.45) is 0.998. The smallest absolute Gasteiger partial charge is 0.260 e. The number of fused-ring (bicyclic) bond motifs is 1. The van der Waals surface area contributed by atoms with Crippen molar-refractivity contribution >= 4 is 17.5 Å². The molecule has 1 saturated heterocycles. The van der Waals surface area contributed by atoms with Gasteiger partial charge in [0.1, 0.15) is 11.5 Å². The molecule has 4 rings (SSSR count). The van der Waals surface area contributed by atoms with Crippen molar-refractivity contribution in [1.29, 1.82) is 0 Å². The third-order valence-electron chi connectivity index (χ3n) is 5.04. The second kappa shape index (κ2) is 8.19. The fourth-order valence-corrected chi connectivity index (χ4v) is 3.73. The highest BCUT2D eigenvalue weighted by atomic mass is 35.5. The van der Waals surface area contributed by atoms with E-state index in [-0.39, 0.29) is 12.5 Å². The molecule has 2 aromatic carbocycles. The number of piperazine rings is 1. The molecule has 2 heterocycles. The van der Waals surface area contributed by atoms with E-state index in [2.05, 4.69) is 23.1 Å². The van der Waals surface area contributed by atoms with Gasteiger partial charge in [0.2, 0.25) is 0 Å². The molecule has 0 radical (unpaired) electrons. The standard InChI is InChI=1S/C21H23ClN2O3/c22-18-2-1-3-19(13-18)27-15-21(25)24-9-7-23(8-10-24)14-16-4-5-20-17(12-16)6-11-26-20/h1-5,12-13H,6-11,14-15H2. The van der Waals surface area contributed by atoms with E-state index < -0.39 is 0 Å². The third kappa shape index (κ3) is 4.54. The Balaban J connectivity index is 1.24. The molecule has 0 N–H and O–H groups in total. The van der Waals surface area contributed by atoms with Crippen molar-refractivity contribution in [3.8, 4) is 11.5 Å². The van der Waals surface area contributed by atoms with E-state index in [0.29, 0.717) is 10.8 Å². The van der Waals surface area contributed by atoms with Crippen LogP contribution in [-0.2, 0) is 17.8 Å². The van der Waals surface area contributed by atoms with Gasteiger partial charge in [0, 0.05) is 44.2 Å². The van der Waals surface area contributed by atoms with Crippen LogP contribution in [0.15, 0.2) is 42.5 Å². The largest absolute Gasteiger partial charge is 0.493 e. The molecule has 6 heteroatoms. The lowest BCUT2D eigenvalue weighted by Gasteiger charge is -2.34. The van der Waals surface area contributed by atoms with Crippen molar-refractivity contribution in [3.63, 3.8) is 0 Å². The van der Waals surface area contributed by atoms with Crippen LogP contribution in [0.25, 0.3) is 0 Å². The molecule has 1 fully saturated rings. The van der Waals surface area contributed by atoms with Gasteiger partial charge in [-0.2, -0.15) is 0 Å². The van der Waals surface area contributed by atoms with E-state index in [1.807, 2.05) is 11.0 Å². The molecule has 2 aromatic rings. The zero-order valence-electron chi connectivity index (χ0n) is 15.2. The zero-order chi connectivity index (χ0) is 18.6. The second-order valence-electron chi connectivity index (χ2n) is 6.94. The molecule has 2 aliphatic rings. The number of ether oxygens (including phenoxy) is 2. The predicted octanol–water partition coefficient (Wildman–Crippen LogP) is 3.00. The van der Waals surface area contributed by atoms with Crippen LogP contribution in [0.1, 0.15) is 11.1 Å². The molecule has 0 atom stereocenters. The number of hydrogen-bond acceptors (Lipinski definition) is 4. The van der Waals surface area contributed by atoms with Crippen LogP contribution >= 0.6 is 11.6 Å². The maximum absolute atomic E-state index is 12.4. The monoisotopic (exact) mass is 386 g/mol. The Bertz CT molecular complexity index is 819. The van der Waals surface area contributed by atoms with Crippen LogP contribution in [0.2, 0.25) is 5.02 Å². The van der Waals surface area contributed by atoms with Gasteiger partial charge in [0.25, 0.3) is 5.91 Å². The first-order valence-electron chi connectivity index (χ1n) is 9.30. The Morgan fingerprint density at radius 1 is 1.11 bits per heavy atom. The first kappa shape index (κ1) is 18.1. The van der Waals surface area contributed by atoms with Crippen LogP contribution < -0.4 is 9.47 Å². The first-order chi connectivity index (χ1) is 13.2. The van der Waals surface area contributed by atoms with E-state index >= 15 is 0 Å². The molecule has 1 amide bonds. The van der Waals surface area contributed by atoms with Crippen molar-refractivity contribution in [2.75, 3.05) is 39.4 Å². The van der Waals surface area contributed by atoms with E-state index in [4.69, 9.17) is 21.1 Å². The molecular weight excluding hydrogens is 364 g/mol. The fraction of sp³-hybridized carbons (Fsp3) is 0.381. The van der Waals surface area contributed by atoms with Gasteiger partial charge in [-0.25, -0.2) is 0 Å². The number of carbonyl (C=O) groups is 1. The van der Waals surface area contributed by atoms with Crippen molar-refractivity contribution < 1.29 is 14.3 Å². The summed E-state index contributed by atoms with van der Waals surface area (Å²) in [5.41, 5.74) is 2.61. The Morgan fingerprint density at radius 3 is 2.78 bits per heavy atom. The zero-order valence-corrected chi connectivity index (χ0v) is 16.0. The van der Waals surface area contributed by atoms with Gasteiger partial charge < -0.3 is 14.4 Å². The lowest BCUT2D eigenvalue weighted by Crippen LogP contribution is -2.49. The van der Waals surface area contributed by atoms with E-state index in [9.17, 15) is 4.79 Å². The summed E-state index contributed by atoms with van der Waals surface area (Å²) in [6, 6.07) is 13.6. The molecule has 0 spiro atoms. The molecule has 27 heavy (non-hydrogen) atoms. The second-order valence-corrected chi connectivity index (χ2v) is 7.38. The summed E-state index contributed by atoms with van der Waals surface area (Å²) >= 11 is 5.93. The van der Waals surface area contributed by atoms with Crippen molar-refractivity contribution in [2.24, 2.45) is 0 Å². The number of hydrogen-bond donors (Lipinski definition) is 0. The summed E-state index contributed by atoms with van der Waals surface area (Å²) in [6.45, 7) is 4.95. The molecule has 0 aliphatic carbocycles. The Labute approximate surface area is 164 Å². The first-order valence-corrected chi connectivity index (χ1v) is 9.68. The summed E-state index contributed by atoms with van der Waals surface area (Å²) < 4.78 is 11.1. The molecule has 0 unspecified atom stereocenters. The van der Waals surface area contributed by atoms with Gasteiger partial charge in [-0.05, 0) is 35.4 Å². The van der Waals surface area contributed by atoms with Crippen molar-refractivity contribution in [1.82, 2.24) is 9.80 Å². The minimum Gasteiger partial charge on any atom is -0.493 e. The van der Waals surface area contributed by atoms with Gasteiger partial charge in [0.15, 0.2) is 6.61 Å². The molecule has 0 bridgehead atoms. The molecule has 0 saturated carbocycles. The van der Waals surface area contributed by atoms with Gasteiger partial charge >= 0.3 is 0 Å². The molecule has 2 aliphatic heterocycles. The van der Waals surface area contributed by atoms with Gasteiger partial charge in [-0.3, -0.25) is 9.69 Å². The Hall–Kier alpha value is -2.24. The van der Waals surface area contributed by atoms with Crippen LogP contribution in [0.4, 0.5) is 0 Å². The van der Waals surface area contributed by atoms with Gasteiger partial charge in [-0.15, -0.1) is 0 Å². The lowest BCUT2D eigenvalue weighted by molar-refractivity contribution is -0.135. The predicted molar refractivity (Wildman–Crippen MR) is 104 cm³/mol. The van der Waals surface area contributed by atoms with Crippen LogP contribution in [0.5, 0.6) is 11.5 Å². The Morgan fingerprint density at radius 2 is 1.96 bits per heavy atom. The number of rotatable bonds is 5. The van der Waals surface area contributed by atoms with E-state index in [0.717, 1.165) is 51.5 Å². The third-order valence-corrected chi connectivity index (χ3v) is 5.28. The molecular formula is C21H23ClN2O3. The maximum atomic E-state index is 12.4. The minimum atomic E-state index is 0.0179. The summed E-state index contributed by atoms with van der Waals surface area (Å²) in [7, 11) is 0. The number of halogens is 1. The lowest BCUT2D eigenvalue weighted by atomic mass is 10.1. The topological polar surface area (TPSA) is 42.0 Å². The molecule has 0 aromatic heterocycles. The molecule has 5 nitrogen and oxygen atoms in total. The number of amides is 1. The highest BCUT2D eigenvalue weighted by Crippen LogP contribution is 2.26. The van der Waals surface area contributed by atoms with Crippen LogP contribution in [-0.4, -0.2) is 55.1 Å². The van der Waals surface area contributed by atoms with Crippen LogP contribution in [0.3, 0.4) is 0 Å².